The van der Waals surface area contributed by atoms with Crippen LogP contribution in [-0.4, -0.2) is 23.1 Å². The molecule has 1 aromatic carbocycles. The van der Waals surface area contributed by atoms with Gasteiger partial charge in [0.15, 0.2) is 5.82 Å². The van der Waals surface area contributed by atoms with Crippen molar-refractivity contribution in [3.63, 3.8) is 0 Å². The van der Waals surface area contributed by atoms with Crippen molar-refractivity contribution in [3.8, 4) is 17.5 Å². The van der Waals surface area contributed by atoms with Crippen molar-refractivity contribution in [3.05, 3.63) is 40.3 Å². The number of anilines is 1. The summed E-state index contributed by atoms with van der Waals surface area (Å²) in [6.45, 7) is 7.30. The molecule has 8 heteroatoms. The molecule has 0 radical (unpaired) electrons. The molecule has 3 aromatic rings. The Kier molecular flexibility index (Phi) is 5.07. The number of hydrogen-bond acceptors (Lipinski definition) is 5. The minimum atomic E-state index is -4.39. The fourth-order valence-electron chi connectivity index (χ4n) is 2.91. The van der Waals surface area contributed by atoms with Gasteiger partial charge >= 0.3 is 6.18 Å². The molecule has 27 heavy (non-hydrogen) atoms. The van der Waals surface area contributed by atoms with Gasteiger partial charge in [-0.25, -0.2) is 9.97 Å². The molecule has 0 aliphatic rings. The van der Waals surface area contributed by atoms with Crippen molar-refractivity contribution in [2.45, 2.75) is 26.9 Å². The monoisotopic (exact) mass is 390 g/mol. The molecule has 0 unspecified atom stereocenters. The van der Waals surface area contributed by atoms with E-state index in [2.05, 4.69) is 20.9 Å². The lowest BCUT2D eigenvalue weighted by atomic mass is 10.1. The SMILES string of the molecule is CCN(CC)c1nc(-c2ccc(C(F)(F)F)cc2)nc2sc(C#N)c(C)c12. The Labute approximate surface area is 158 Å². The molecule has 0 aliphatic heterocycles. The van der Waals surface area contributed by atoms with Crippen molar-refractivity contribution in [2.24, 2.45) is 0 Å². The summed E-state index contributed by atoms with van der Waals surface area (Å²) in [5.74, 6) is 1.05. The molecular weight excluding hydrogens is 373 g/mol. The van der Waals surface area contributed by atoms with E-state index >= 15 is 0 Å². The van der Waals surface area contributed by atoms with E-state index in [1.807, 2.05) is 20.8 Å². The van der Waals surface area contributed by atoms with Gasteiger partial charge in [0.1, 0.15) is 21.6 Å². The molecular formula is C19H17F3N4S. The highest BCUT2D eigenvalue weighted by atomic mass is 32.1. The van der Waals surface area contributed by atoms with E-state index in [1.54, 1.807) is 0 Å². The average molecular weight is 390 g/mol. The third-order valence-corrected chi connectivity index (χ3v) is 5.50. The summed E-state index contributed by atoms with van der Waals surface area (Å²) in [5, 5.41) is 10.2. The maximum Gasteiger partial charge on any atom is 0.416 e. The summed E-state index contributed by atoms with van der Waals surface area (Å²) < 4.78 is 38.4. The highest BCUT2D eigenvalue weighted by molar-refractivity contribution is 7.19. The van der Waals surface area contributed by atoms with Crippen LogP contribution in [0.3, 0.4) is 0 Å². The predicted molar refractivity (Wildman–Crippen MR) is 101 cm³/mol. The Morgan fingerprint density at radius 3 is 2.26 bits per heavy atom. The molecule has 0 bridgehead atoms. The van der Waals surface area contributed by atoms with Crippen molar-refractivity contribution in [2.75, 3.05) is 18.0 Å². The van der Waals surface area contributed by atoms with Crippen LogP contribution in [-0.2, 0) is 6.18 Å². The zero-order valence-electron chi connectivity index (χ0n) is 15.1. The van der Waals surface area contributed by atoms with Gasteiger partial charge in [0.2, 0.25) is 0 Å². The minimum absolute atomic E-state index is 0.351. The van der Waals surface area contributed by atoms with Gasteiger partial charge in [0.25, 0.3) is 0 Å². The molecule has 2 heterocycles. The van der Waals surface area contributed by atoms with Crippen LogP contribution in [0.4, 0.5) is 19.0 Å². The molecule has 2 aromatic heterocycles. The standard InChI is InChI=1S/C19H17F3N4S/c1-4-26(5-2)17-15-11(3)14(10-23)27-18(15)25-16(24-17)12-6-8-13(9-7-12)19(20,21)22/h6-9H,4-5H2,1-3H3. The summed E-state index contributed by atoms with van der Waals surface area (Å²) in [7, 11) is 0. The number of nitrogens with zero attached hydrogens (tertiary/aromatic N) is 4. The van der Waals surface area contributed by atoms with E-state index in [0.717, 1.165) is 23.1 Å². The number of rotatable bonds is 4. The highest BCUT2D eigenvalue weighted by Gasteiger charge is 2.30. The second-order valence-corrected chi connectivity index (χ2v) is 6.97. The highest BCUT2D eigenvalue weighted by Crippen LogP contribution is 2.37. The Bertz CT molecular complexity index is 1010. The zero-order chi connectivity index (χ0) is 19.8. The molecule has 0 N–H and O–H groups in total. The summed E-state index contributed by atoms with van der Waals surface area (Å²) in [4.78, 5) is 12.5. The van der Waals surface area contributed by atoms with Gasteiger partial charge in [-0.2, -0.15) is 18.4 Å². The van der Waals surface area contributed by atoms with Crippen LogP contribution >= 0.6 is 11.3 Å². The lowest BCUT2D eigenvalue weighted by molar-refractivity contribution is -0.137. The van der Waals surface area contributed by atoms with Gasteiger partial charge in [0.05, 0.1) is 10.9 Å². The first-order valence-electron chi connectivity index (χ1n) is 8.43. The molecule has 0 saturated carbocycles. The fourth-order valence-corrected chi connectivity index (χ4v) is 3.89. The number of thiophene rings is 1. The first kappa shape index (κ1) is 19.1. The number of alkyl halides is 3. The Morgan fingerprint density at radius 1 is 1.11 bits per heavy atom. The van der Waals surface area contributed by atoms with Crippen molar-refractivity contribution < 1.29 is 13.2 Å². The van der Waals surface area contributed by atoms with E-state index < -0.39 is 11.7 Å². The number of aromatic nitrogens is 2. The molecule has 0 amide bonds. The first-order valence-corrected chi connectivity index (χ1v) is 9.25. The minimum Gasteiger partial charge on any atom is -0.357 e. The molecule has 3 rings (SSSR count). The van der Waals surface area contributed by atoms with Gasteiger partial charge in [-0.15, -0.1) is 11.3 Å². The van der Waals surface area contributed by atoms with Gasteiger partial charge < -0.3 is 4.90 Å². The van der Waals surface area contributed by atoms with Crippen LogP contribution in [0, 0.1) is 18.3 Å². The number of aryl methyl sites for hydroxylation is 1. The predicted octanol–water partition coefficient (Wildman–Crippen LogP) is 5.40. The van der Waals surface area contributed by atoms with E-state index in [4.69, 9.17) is 0 Å². The van der Waals surface area contributed by atoms with E-state index in [9.17, 15) is 18.4 Å². The zero-order valence-corrected chi connectivity index (χ0v) is 15.9. The molecule has 140 valence electrons. The van der Waals surface area contributed by atoms with Crippen LogP contribution in [0.5, 0.6) is 0 Å². The van der Waals surface area contributed by atoms with Gasteiger partial charge in [0, 0.05) is 18.7 Å². The largest absolute Gasteiger partial charge is 0.416 e. The number of fused-ring (bicyclic) bond motifs is 1. The van der Waals surface area contributed by atoms with Crippen LogP contribution in [0.25, 0.3) is 21.6 Å². The number of hydrogen-bond donors (Lipinski definition) is 0. The molecule has 0 saturated heterocycles. The molecule has 4 nitrogen and oxygen atoms in total. The molecule has 0 atom stereocenters. The first-order chi connectivity index (χ1) is 12.8. The topological polar surface area (TPSA) is 52.8 Å². The Morgan fingerprint density at radius 2 is 1.74 bits per heavy atom. The lowest BCUT2D eigenvalue weighted by Crippen LogP contribution is -2.23. The summed E-state index contributed by atoms with van der Waals surface area (Å²) in [6, 6.07) is 6.99. The van der Waals surface area contributed by atoms with E-state index in [1.165, 1.54) is 23.5 Å². The second kappa shape index (κ2) is 7.16. The van der Waals surface area contributed by atoms with E-state index in [0.29, 0.717) is 40.0 Å². The van der Waals surface area contributed by atoms with Crippen LogP contribution < -0.4 is 4.90 Å². The Hall–Kier alpha value is -2.66. The lowest BCUT2D eigenvalue weighted by Gasteiger charge is -2.21. The summed E-state index contributed by atoms with van der Waals surface area (Å²) >= 11 is 1.27. The third-order valence-electron chi connectivity index (χ3n) is 4.41. The van der Waals surface area contributed by atoms with Gasteiger partial charge in [-0.1, -0.05) is 12.1 Å². The van der Waals surface area contributed by atoms with Gasteiger partial charge in [-0.3, -0.25) is 0 Å². The van der Waals surface area contributed by atoms with Crippen molar-refractivity contribution in [1.29, 1.82) is 5.26 Å². The average Bonchev–Trinajstić information content (AvgIpc) is 2.98. The third kappa shape index (κ3) is 3.47. The summed E-state index contributed by atoms with van der Waals surface area (Å²) in [5.41, 5.74) is 0.622. The number of benzene rings is 1. The van der Waals surface area contributed by atoms with Crippen molar-refractivity contribution in [1.82, 2.24) is 9.97 Å². The van der Waals surface area contributed by atoms with Crippen molar-refractivity contribution >= 4 is 27.4 Å². The van der Waals surface area contributed by atoms with Gasteiger partial charge in [-0.05, 0) is 38.5 Å². The van der Waals surface area contributed by atoms with Crippen LogP contribution in [0.2, 0.25) is 0 Å². The smallest absolute Gasteiger partial charge is 0.357 e. The fraction of sp³-hybridized carbons (Fsp3) is 0.316. The molecule has 0 aliphatic carbocycles. The maximum absolute atomic E-state index is 12.8. The maximum atomic E-state index is 12.8. The molecule has 0 fully saturated rings. The quantitative estimate of drug-likeness (QED) is 0.598. The number of nitriles is 1. The van der Waals surface area contributed by atoms with Crippen LogP contribution in [0.15, 0.2) is 24.3 Å². The normalized spacial score (nSPS) is 11.6. The number of halogens is 3. The van der Waals surface area contributed by atoms with Crippen LogP contribution in [0.1, 0.15) is 29.9 Å². The Balaban J connectivity index is 2.21. The summed E-state index contributed by atoms with van der Waals surface area (Å²) in [6.07, 6.45) is -4.39. The second-order valence-electron chi connectivity index (χ2n) is 5.97. The molecule has 0 spiro atoms. The van der Waals surface area contributed by atoms with E-state index in [-0.39, 0.29) is 0 Å².